The lowest BCUT2D eigenvalue weighted by Crippen LogP contribution is -2.18. The van der Waals surface area contributed by atoms with Crippen LogP contribution in [0.5, 0.6) is 11.5 Å². The Balaban J connectivity index is 2.06. The molecule has 0 saturated carbocycles. The third-order valence-electron chi connectivity index (χ3n) is 3.27. The molecule has 0 radical (unpaired) electrons. The predicted molar refractivity (Wildman–Crippen MR) is 82.7 cm³/mol. The van der Waals surface area contributed by atoms with E-state index in [0.29, 0.717) is 17.2 Å². The molecule has 0 heterocycles. The fourth-order valence-electron chi connectivity index (χ4n) is 2.26. The minimum Gasteiger partial charge on any atom is -0.493 e. The Morgan fingerprint density at radius 3 is 2.43 bits per heavy atom. The van der Waals surface area contributed by atoms with Gasteiger partial charge in [-0.15, -0.1) is 0 Å². The zero-order valence-corrected chi connectivity index (χ0v) is 12.5. The van der Waals surface area contributed by atoms with E-state index in [1.54, 1.807) is 26.4 Å². The number of para-hydroxylation sites is 1. The van der Waals surface area contributed by atoms with E-state index in [1.807, 2.05) is 31.2 Å². The second-order valence-corrected chi connectivity index (χ2v) is 4.92. The van der Waals surface area contributed by atoms with Gasteiger partial charge < -0.3 is 14.8 Å². The summed E-state index contributed by atoms with van der Waals surface area (Å²) in [6.45, 7) is 2.02. The van der Waals surface area contributed by atoms with E-state index in [2.05, 4.69) is 5.32 Å². The summed E-state index contributed by atoms with van der Waals surface area (Å²) in [4.78, 5) is 0. The highest BCUT2D eigenvalue weighted by Gasteiger charge is 2.09. The average Bonchev–Trinajstić information content (AvgIpc) is 2.49. The van der Waals surface area contributed by atoms with E-state index >= 15 is 0 Å². The molecule has 2 aromatic carbocycles. The number of methoxy groups -OCH3 is 2. The van der Waals surface area contributed by atoms with Crippen LogP contribution < -0.4 is 14.8 Å². The van der Waals surface area contributed by atoms with E-state index in [9.17, 15) is 4.39 Å². The van der Waals surface area contributed by atoms with Crippen molar-refractivity contribution >= 4 is 5.69 Å². The van der Waals surface area contributed by atoms with Gasteiger partial charge in [0, 0.05) is 6.04 Å². The highest BCUT2D eigenvalue weighted by Crippen LogP contribution is 2.28. The summed E-state index contributed by atoms with van der Waals surface area (Å²) in [5.41, 5.74) is 1.62. The topological polar surface area (TPSA) is 30.5 Å². The number of hydrogen-bond acceptors (Lipinski definition) is 3. The third kappa shape index (κ3) is 3.88. The molecular weight excluding hydrogens is 269 g/mol. The largest absolute Gasteiger partial charge is 0.493 e. The molecule has 0 aromatic heterocycles. The minimum absolute atomic E-state index is 0.0972. The Morgan fingerprint density at radius 1 is 1.05 bits per heavy atom. The first-order valence-corrected chi connectivity index (χ1v) is 6.86. The molecule has 0 bridgehead atoms. The van der Waals surface area contributed by atoms with Crippen molar-refractivity contribution < 1.29 is 13.9 Å². The number of ether oxygens (including phenoxy) is 2. The van der Waals surface area contributed by atoms with Gasteiger partial charge in [-0.1, -0.05) is 18.2 Å². The second kappa shape index (κ2) is 6.97. The summed E-state index contributed by atoms with van der Waals surface area (Å²) in [5.74, 6) is 1.17. The van der Waals surface area contributed by atoms with Crippen LogP contribution in [0.2, 0.25) is 0 Å². The van der Waals surface area contributed by atoms with E-state index in [4.69, 9.17) is 9.47 Å². The lowest BCUT2D eigenvalue weighted by atomic mass is 10.1. The number of benzene rings is 2. The molecule has 0 saturated heterocycles. The predicted octanol–water partition coefficient (Wildman–Crippen LogP) is 3.89. The summed E-state index contributed by atoms with van der Waals surface area (Å²) in [7, 11) is 3.22. The van der Waals surface area contributed by atoms with Gasteiger partial charge in [0.1, 0.15) is 5.82 Å². The third-order valence-corrected chi connectivity index (χ3v) is 3.27. The van der Waals surface area contributed by atoms with Crippen LogP contribution in [0.1, 0.15) is 12.5 Å². The van der Waals surface area contributed by atoms with Crippen LogP contribution in [0.4, 0.5) is 10.1 Å². The summed E-state index contributed by atoms with van der Waals surface area (Å²) in [5, 5.41) is 3.18. The summed E-state index contributed by atoms with van der Waals surface area (Å²) in [6, 6.07) is 12.6. The van der Waals surface area contributed by atoms with E-state index in [0.717, 1.165) is 12.0 Å². The van der Waals surface area contributed by atoms with Crippen LogP contribution in [-0.2, 0) is 6.42 Å². The van der Waals surface area contributed by atoms with Crippen LogP contribution in [0.15, 0.2) is 42.5 Å². The molecule has 112 valence electrons. The van der Waals surface area contributed by atoms with Gasteiger partial charge in [0.25, 0.3) is 0 Å². The van der Waals surface area contributed by atoms with Gasteiger partial charge in [0.15, 0.2) is 11.5 Å². The number of halogens is 1. The first-order chi connectivity index (χ1) is 10.1. The molecule has 21 heavy (non-hydrogen) atoms. The molecule has 1 N–H and O–H groups in total. The lowest BCUT2D eigenvalue weighted by Gasteiger charge is -2.17. The zero-order valence-electron chi connectivity index (χ0n) is 12.5. The van der Waals surface area contributed by atoms with Gasteiger partial charge in [-0.3, -0.25) is 0 Å². The molecule has 4 heteroatoms. The van der Waals surface area contributed by atoms with Gasteiger partial charge in [0.05, 0.1) is 19.9 Å². The van der Waals surface area contributed by atoms with Crippen molar-refractivity contribution in [2.45, 2.75) is 19.4 Å². The highest BCUT2D eigenvalue weighted by molar-refractivity contribution is 5.46. The quantitative estimate of drug-likeness (QED) is 0.875. The maximum absolute atomic E-state index is 13.6. The maximum Gasteiger partial charge on any atom is 0.160 e. The van der Waals surface area contributed by atoms with Crippen molar-refractivity contribution in [3.63, 3.8) is 0 Å². The monoisotopic (exact) mass is 289 g/mol. The van der Waals surface area contributed by atoms with Gasteiger partial charge in [-0.2, -0.15) is 0 Å². The fourth-order valence-corrected chi connectivity index (χ4v) is 2.26. The van der Waals surface area contributed by atoms with Crippen molar-refractivity contribution in [3.8, 4) is 11.5 Å². The van der Waals surface area contributed by atoms with E-state index in [-0.39, 0.29) is 11.9 Å². The van der Waals surface area contributed by atoms with Crippen molar-refractivity contribution in [1.82, 2.24) is 0 Å². The lowest BCUT2D eigenvalue weighted by molar-refractivity contribution is 0.354. The number of nitrogens with one attached hydrogen (secondary N) is 1. The van der Waals surface area contributed by atoms with Crippen molar-refractivity contribution in [2.24, 2.45) is 0 Å². The van der Waals surface area contributed by atoms with E-state index in [1.165, 1.54) is 6.07 Å². The summed E-state index contributed by atoms with van der Waals surface area (Å²) >= 11 is 0. The second-order valence-electron chi connectivity index (χ2n) is 4.92. The Hall–Kier alpha value is -2.23. The number of rotatable bonds is 6. The SMILES string of the molecule is COc1ccc(CC(C)Nc2ccccc2F)cc1OC. The molecule has 0 aliphatic heterocycles. The van der Waals surface area contributed by atoms with Crippen molar-refractivity contribution in [2.75, 3.05) is 19.5 Å². The van der Waals surface area contributed by atoms with Crippen LogP contribution in [0.25, 0.3) is 0 Å². The highest BCUT2D eigenvalue weighted by atomic mass is 19.1. The zero-order chi connectivity index (χ0) is 15.2. The molecule has 0 amide bonds. The van der Waals surface area contributed by atoms with Crippen molar-refractivity contribution in [1.29, 1.82) is 0 Å². The normalized spacial score (nSPS) is 11.8. The van der Waals surface area contributed by atoms with Gasteiger partial charge >= 0.3 is 0 Å². The maximum atomic E-state index is 13.6. The molecule has 0 spiro atoms. The molecule has 0 fully saturated rings. The molecule has 1 atom stereocenters. The minimum atomic E-state index is -0.239. The fraction of sp³-hybridized carbons (Fsp3) is 0.294. The number of hydrogen-bond donors (Lipinski definition) is 1. The summed E-state index contributed by atoms with van der Waals surface area (Å²) < 4.78 is 24.1. The van der Waals surface area contributed by atoms with Crippen LogP contribution in [-0.4, -0.2) is 20.3 Å². The number of anilines is 1. The van der Waals surface area contributed by atoms with E-state index < -0.39 is 0 Å². The van der Waals surface area contributed by atoms with Crippen LogP contribution in [0.3, 0.4) is 0 Å². The summed E-state index contributed by atoms with van der Waals surface area (Å²) in [6.07, 6.45) is 0.759. The molecule has 3 nitrogen and oxygen atoms in total. The Morgan fingerprint density at radius 2 is 1.76 bits per heavy atom. The molecule has 0 aliphatic rings. The first-order valence-electron chi connectivity index (χ1n) is 6.86. The van der Waals surface area contributed by atoms with Gasteiger partial charge in [-0.25, -0.2) is 4.39 Å². The van der Waals surface area contributed by atoms with Crippen LogP contribution >= 0.6 is 0 Å². The first kappa shape index (κ1) is 15.2. The Kier molecular flexibility index (Phi) is 5.04. The molecule has 2 rings (SSSR count). The smallest absolute Gasteiger partial charge is 0.160 e. The van der Waals surface area contributed by atoms with Crippen molar-refractivity contribution in [3.05, 3.63) is 53.8 Å². The standard InChI is InChI=1S/C17H20FNO2/c1-12(19-15-7-5-4-6-14(15)18)10-13-8-9-16(20-2)17(11-13)21-3/h4-9,11-12,19H,10H2,1-3H3. The van der Waals surface area contributed by atoms with Gasteiger partial charge in [0.2, 0.25) is 0 Å². The molecule has 2 aromatic rings. The molecule has 1 unspecified atom stereocenters. The Labute approximate surface area is 124 Å². The van der Waals surface area contributed by atoms with Crippen LogP contribution in [0, 0.1) is 5.82 Å². The molecule has 0 aliphatic carbocycles. The Bertz CT molecular complexity index is 601. The molecular formula is C17H20FNO2. The average molecular weight is 289 g/mol. The van der Waals surface area contributed by atoms with Gasteiger partial charge in [-0.05, 0) is 43.2 Å².